The zero-order valence-corrected chi connectivity index (χ0v) is 13.3. The van der Waals surface area contributed by atoms with Crippen molar-refractivity contribution in [3.63, 3.8) is 0 Å². The van der Waals surface area contributed by atoms with Crippen molar-refractivity contribution in [3.05, 3.63) is 29.8 Å². The van der Waals surface area contributed by atoms with Gasteiger partial charge in [0.2, 0.25) is 0 Å². The molecule has 1 unspecified atom stereocenters. The molecule has 0 aromatic heterocycles. The number of amides is 1. The summed E-state index contributed by atoms with van der Waals surface area (Å²) < 4.78 is 0. The molecule has 0 fully saturated rings. The van der Waals surface area contributed by atoms with Crippen molar-refractivity contribution < 1.29 is 4.79 Å². The molecule has 0 saturated heterocycles. The minimum atomic E-state index is -0.00810. The quantitative estimate of drug-likeness (QED) is 0.830. The van der Waals surface area contributed by atoms with Gasteiger partial charge in [-0.05, 0) is 38.6 Å². The van der Waals surface area contributed by atoms with E-state index in [1.165, 1.54) is 0 Å². The number of carbonyl (C=O) groups is 1. The van der Waals surface area contributed by atoms with Crippen molar-refractivity contribution in [2.24, 2.45) is 0 Å². The fourth-order valence-corrected chi connectivity index (χ4v) is 1.91. The maximum absolute atomic E-state index is 12.1. The highest BCUT2D eigenvalue weighted by Gasteiger charge is 2.09. The third kappa shape index (κ3) is 4.85. The molecule has 1 rings (SSSR count). The second-order valence-electron chi connectivity index (χ2n) is 5.44. The van der Waals surface area contributed by atoms with Crippen LogP contribution in [-0.2, 0) is 0 Å². The van der Waals surface area contributed by atoms with Gasteiger partial charge in [-0.15, -0.1) is 0 Å². The van der Waals surface area contributed by atoms with E-state index in [1.54, 1.807) is 0 Å². The van der Waals surface area contributed by atoms with Crippen LogP contribution in [0.3, 0.4) is 0 Å². The topological polar surface area (TPSA) is 35.6 Å². The second kappa shape index (κ2) is 7.90. The summed E-state index contributed by atoms with van der Waals surface area (Å²) in [4.78, 5) is 16.3. The van der Waals surface area contributed by atoms with Crippen molar-refractivity contribution in [2.45, 2.75) is 26.3 Å². The van der Waals surface area contributed by atoms with E-state index in [0.29, 0.717) is 18.2 Å². The SMILES string of the molecule is CCC(C)N(C)CCNC(=O)c1cccc(N(C)C)c1. The van der Waals surface area contributed by atoms with Crippen LogP contribution in [0, 0.1) is 0 Å². The predicted molar refractivity (Wildman–Crippen MR) is 85.5 cm³/mol. The number of benzene rings is 1. The summed E-state index contributed by atoms with van der Waals surface area (Å²) in [6, 6.07) is 8.21. The van der Waals surface area contributed by atoms with Crippen LogP contribution in [0.2, 0.25) is 0 Å². The lowest BCUT2D eigenvalue weighted by Crippen LogP contribution is -2.37. The van der Waals surface area contributed by atoms with Crippen LogP contribution in [0.25, 0.3) is 0 Å². The van der Waals surface area contributed by atoms with Gasteiger partial charge in [-0.3, -0.25) is 4.79 Å². The molecule has 0 spiro atoms. The van der Waals surface area contributed by atoms with Crippen LogP contribution in [-0.4, -0.2) is 51.1 Å². The number of carbonyl (C=O) groups excluding carboxylic acids is 1. The number of rotatable bonds is 7. The molecule has 1 aromatic carbocycles. The van der Waals surface area contributed by atoms with Gasteiger partial charge in [0.1, 0.15) is 0 Å². The molecule has 1 amide bonds. The molecule has 0 heterocycles. The summed E-state index contributed by atoms with van der Waals surface area (Å²) >= 11 is 0. The summed E-state index contributed by atoms with van der Waals surface area (Å²) in [5, 5.41) is 2.98. The van der Waals surface area contributed by atoms with E-state index in [-0.39, 0.29) is 5.91 Å². The zero-order chi connectivity index (χ0) is 15.1. The normalized spacial score (nSPS) is 12.3. The molecule has 0 bridgehead atoms. The average molecular weight is 277 g/mol. The molecule has 112 valence electrons. The van der Waals surface area contributed by atoms with E-state index >= 15 is 0 Å². The van der Waals surface area contributed by atoms with Gasteiger partial charge in [-0.1, -0.05) is 13.0 Å². The molecule has 0 radical (unpaired) electrons. The molecule has 0 aliphatic heterocycles. The lowest BCUT2D eigenvalue weighted by molar-refractivity contribution is 0.0947. The standard InChI is InChI=1S/C16H27N3O/c1-6-13(2)19(5)11-10-17-16(20)14-8-7-9-15(12-14)18(3)4/h7-9,12-13H,6,10-11H2,1-5H3,(H,17,20). The number of anilines is 1. The summed E-state index contributed by atoms with van der Waals surface area (Å²) in [7, 11) is 6.03. The van der Waals surface area contributed by atoms with Crippen LogP contribution in [0.5, 0.6) is 0 Å². The Morgan fingerprint density at radius 3 is 2.60 bits per heavy atom. The second-order valence-corrected chi connectivity index (χ2v) is 5.44. The van der Waals surface area contributed by atoms with Crippen LogP contribution < -0.4 is 10.2 Å². The smallest absolute Gasteiger partial charge is 0.251 e. The van der Waals surface area contributed by atoms with Crippen molar-refractivity contribution in [1.82, 2.24) is 10.2 Å². The number of nitrogens with zero attached hydrogens (tertiary/aromatic N) is 2. The van der Waals surface area contributed by atoms with Crippen molar-refractivity contribution in [1.29, 1.82) is 0 Å². The Hall–Kier alpha value is -1.55. The Morgan fingerprint density at radius 2 is 2.00 bits per heavy atom. The monoisotopic (exact) mass is 277 g/mol. The number of hydrogen-bond acceptors (Lipinski definition) is 3. The largest absolute Gasteiger partial charge is 0.378 e. The molecule has 0 aliphatic carbocycles. The Balaban J connectivity index is 2.49. The molecule has 0 aliphatic rings. The minimum absolute atomic E-state index is 0.00810. The Morgan fingerprint density at radius 1 is 1.30 bits per heavy atom. The summed E-state index contributed by atoms with van der Waals surface area (Å²) in [6.45, 7) is 5.91. The highest BCUT2D eigenvalue weighted by molar-refractivity contribution is 5.95. The van der Waals surface area contributed by atoms with Gasteiger partial charge in [0, 0.05) is 44.5 Å². The summed E-state index contributed by atoms with van der Waals surface area (Å²) in [6.07, 6.45) is 1.12. The van der Waals surface area contributed by atoms with Gasteiger partial charge >= 0.3 is 0 Å². The summed E-state index contributed by atoms with van der Waals surface area (Å²) in [5.41, 5.74) is 1.75. The molecule has 0 saturated carbocycles. The first-order chi connectivity index (χ1) is 9.45. The van der Waals surface area contributed by atoms with E-state index in [2.05, 4.69) is 31.1 Å². The van der Waals surface area contributed by atoms with Crippen LogP contribution in [0.15, 0.2) is 24.3 Å². The van der Waals surface area contributed by atoms with Gasteiger partial charge in [-0.2, -0.15) is 0 Å². The van der Waals surface area contributed by atoms with E-state index in [1.807, 2.05) is 43.3 Å². The van der Waals surface area contributed by atoms with E-state index in [0.717, 1.165) is 18.7 Å². The number of hydrogen-bond donors (Lipinski definition) is 1. The highest BCUT2D eigenvalue weighted by atomic mass is 16.1. The Labute approximate surface area is 122 Å². The predicted octanol–water partition coefficient (Wildman–Crippen LogP) is 2.21. The first-order valence-corrected chi connectivity index (χ1v) is 7.21. The van der Waals surface area contributed by atoms with Gasteiger partial charge in [-0.25, -0.2) is 0 Å². The van der Waals surface area contributed by atoms with Crippen molar-refractivity contribution in [3.8, 4) is 0 Å². The molecule has 1 atom stereocenters. The van der Waals surface area contributed by atoms with E-state index in [4.69, 9.17) is 0 Å². The van der Waals surface area contributed by atoms with Gasteiger partial charge in [0.05, 0.1) is 0 Å². The zero-order valence-electron chi connectivity index (χ0n) is 13.3. The van der Waals surface area contributed by atoms with Gasteiger partial charge in [0.25, 0.3) is 5.91 Å². The molecule has 1 N–H and O–H groups in total. The number of likely N-dealkylation sites (N-methyl/N-ethyl adjacent to an activating group) is 1. The fourth-order valence-electron chi connectivity index (χ4n) is 1.91. The van der Waals surface area contributed by atoms with Crippen molar-refractivity contribution >= 4 is 11.6 Å². The van der Waals surface area contributed by atoms with Gasteiger partial charge < -0.3 is 15.1 Å². The average Bonchev–Trinajstić information content (AvgIpc) is 2.46. The third-order valence-electron chi connectivity index (χ3n) is 3.72. The lowest BCUT2D eigenvalue weighted by atomic mass is 10.2. The third-order valence-corrected chi connectivity index (χ3v) is 3.72. The van der Waals surface area contributed by atoms with Crippen LogP contribution >= 0.6 is 0 Å². The first-order valence-electron chi connectivity index (χ1n) is 7.21. The molecular weight excluding hydrogens is 250 g/mol. The molecule has 1 aromatic rings. The Bertz CT molecular complexity index is 431. The molecule has 4 nitrogen and oxygen atoms in total. The van der Waals surface area contributed by atoms with E-state index < -0.39 is 0 Å². The maximum atomic E-state index is 12.1. The summed E-state index contributed by atoms with van der Waals surface area (Å²) in [5.74, 6) is -0.00810. The van der Waals surface area contributed by atoms with Crippen LogP contribution in [0.1, 0.15) is 30.6 Å². The molecular formula is C16H27N3O. The lowest BCUT2D eigenvalue weighted by Gasteiger charge is -2.23. The highest BCUT2D eigenvalue weighted by Crippen LogP contribution is 2.13. The fraction of sp³-hybridized carbons (Fsp3) is 0.562. The minimum Gasteiger partial charge on any atom is -0.378 e. The van der Waals surface area contributed by atoms with Crippen molar-refractivity contribution in [2.75, 3.05) is 39.1 Å². The molecule has 20 heavy (non-hydrogen) atoms. The Kier molecular flexibility index (Phi) is 6.52. The molecule has 4 heteroatoms. The van der Waals surface area contributed by atoms with Crippen LogP contribution in [0.4, 0.5) is 5.69 Å². The first kappa shape index (κ1) is 16.5. The number of nitrogens with one attached hydrogen (secondary N) is 1. The maximum Gasteiger partial charge on any atom is 0.251 e. The van der Waals surface area contributed by atoms with E-state index in [9.17, 15) is 4.79 Å². The van der Waals surface area contributed by atoms with Gasteiger partial charge in [0.15, 0.2) is 0 Å².